The molecule has 1 aromatic rings. The SMILES string of the molecule is CC=O.Cc1cc(O)c(CCC(C)CCCC(C)C)c(O)c1Cl. The van der Waals surface area contributed by atoms with Gasteiger partial charge in [-0.25, -0.2) is 0 Å². The molecular weight excluding hydrogens is 312 g/mol. The van der Waals surface area contributed by atoms with Crippen LogP contribution in [0.4, 0.5) is 0 Å². The Hall–Kier alpha value is -1.22. The van der Waals surface area contributed by atoms with E-state index in [-0.39, 0.29) is 11.5 Å². The summed E-state index contributed by atoms with van der Waals surface area (Å²) in [6.45, 7) is 9.94. The van der Waals surface area contributed by atoms with Crippen molar-refractivity contribution in [2.45, 2.75) is 66.7 Å². The number of benzene rings is 1. The number of hydrogen-bond acceptors (Lipinski definition) is 3. The maximum Gasteiger partial charge on any atom is 0.141 e. The van der Waals surface area contributed by atoms with Crippen molar-refractivity contribution in [3.8, 4) is 11.5 Å². The lowest BCUT2D eigenvalue weighted by atomic mass is 9.93. The molecule has 1 aromatic carbocycles. The highest BCUT2D eigenvalue weighted by Crippen LogP contribution is 2.38. The van der Waals surface area contributed by atoms with Gasteiger partial charge in [0.15, 0.2) is 0 Å². The van der Waals surface area contributed by atoms with Crippen LogP contribution in [0.25, 0.3) is 0 Å². The third-order valence-corrected chi connectivity index (χ3v) is 4.35. The van der Waals surface area contributed by atoms with E-state index in [1.807, 2.05) is 0 Å². The molecular formula is C19H31ClO3. The lowest BCUT2D eigenvalue weighted by Crippen LogP contribution is -2.00. The summed E-state index contributed by atoms with van der Waals surface area (Å²) in [4.78, 5) is 8.81. The second-order valence-corrected chi connectivity index (χ2v) is 6.94. The van der Waals surface area contributed by atoms with Crippen molar-refractivity contribution in [1.82, 2.24) is 0 Å². The molecule has 0 aliphatic rings. The van der Waals surface area contributed by atoms with Gasteiger partial charge in [0.25, 0.3) is 0 Å². The van der Waals surface area contributed by atoms with Gasteiger partial charge in [0.2, 0.25) is 0 Å². The fourth-order valence-corrected chi connectivity index (χ4v) is 2.62. The van der Waals surface area contributed by atoms with Gasteiger partial charge in [0, 0.05) is 5.56 Å². The molecule has 0 saturated heterocycles. The van der Waals surface area contributed by atoms with Crippen LogP contribution in [-0.2, 0) is 11.2 Å². The minimum Gasteiger partial charge on any atom is -0.508 e. The minimum atomic E-state index is 0.0403. The summed E-state index contributed by atoms with van der Waals surface area (Å²) in [5.41, 5.74) is 1.28. The van der Waals surface area contributed by atoms with Crippen LogP contribution in [0.5, 0.6) is 11.5 Å². The molecule has 4 heteroatoms. The first kappa shape index (κ1) is 21.8. The molecule has 1 unspecified atom stereocenters. The largest absolute Gasteiger partial charge is 0.508 e. The van der Waals surface area contributed by atoms with Gasteiger partial charge in [0.1, 0.15) is 17.8 Å². The van der Waals surface area contributed by atoms with Crippen LogP contribution in [0.15, 0.2) is 6.07 Å². The van der Waals surface area contributed by atoms with Crippen molar-refractivity contribution in [3.05, 3.63) is 22.2 Å². The van der Waals surface area contributed by atoms with Crippen molar-refractivity contribution < 1.29 is 15.0 Å². The van der Waals surface area contributed by atoms with Crippen LogP contribution in [0.2, 0.25) is 5.02 Å². The van der Waals surface area contributed by atoms with E-state index in [0.29, 0.717) is 28.5 Å². The molecule has 2 N–H and O–H groups in total. The molecule has 0 amide bonds. The summed E-state index contributed by atoms with van der Waals surface area (Å²) in [6.07, 6.45) is 6.07. The summed E-state index contributed by atoms with van der Waals surface area (Å²) in [5.74, 6) is 1.54. The van der Waals surface area contributed by atoms with Crippen molar-refractivity contribution in [1.29, 1.82) is 0 Å². The fraction of sp³-hybridized carbons (Fsp3) is 0.632. The van der Waals surface area contributed by atoms with Gasteiger partial charge >= 0.3 is 0 Å². The van der Waals surface area contributed by atoms with E-state index in [9.17, 15) is 10.2 Å². The number of phenolic OH excluding ortho intramolecular Hbond substituents is 2. The number of aryl methyl sites for hydroxylation is 1. The third-order valence-electron chi connectivity index (χ3n) is 3.87. The van der Waals surface area contributed by atoms with Crippen molar-refractivity contribution in [3.63, 3.8) is 0 Å². The number of aldehydes is 1. The predicted molar refractivity (Wildman–Crippen MR) is 97.4 cm³/mol. The minimum absolute atomic E-state index is 0.0403. The summed E-state index contributed by atoms with van der Waals surface area (Å²) < 4.78 is 0. The standard InChI is InChI=1S/C17H27ClO2.C2H4O/c1-11(2)6-5-7-12(3)8-9-14-15(19)10-13(4)16(18)17(14)20;1-2-3/h10-12,19-20H,5-9H2,1-4H3;2H,1H3. The molecule has 0 radical (unpaired) electrons. The average Bonchev–Trinajstić information content (AvgIpc) is 2.45. The summed E-state index contributed by atoms with van der Waals surface area (Å²) in [5, 5.41) is 20.3. The molecule has 132 valence electrons. The van der Waals surface area contributed by atoms with Crippen LogP contribution in [0.1, 0.15) is 64.5 Å². The van der Waals surface area contributed by atoms with E-state index < -0.39 is 0 Å². The van der Waals surface area contributed by atoms with Crippen LogP contribution in [0, 0.1) is 18.8 Å². The number of carbonyl (C=O) groups excluding carboxylic acids is 1. The van der Waals surface area contributed by atoms with Crippen LogP contribution in [0.3, 0.4) is 0 Å². The summed E-state index contributed by atoms with van der Waals surface area (Å²) >= 11 is 6.03. The molecule has 1 atom stereocenters. The van der Waals surface area contributed by atoms with Gasteiger partial charge in [-0.15, -0.1) is 0 Å². The van der Waals surface area contributed by atoms with Gasteiger partial charge in [0.05, 0.1) is 5.02 Å². The molecule has 3 nitrogen and oxygen atoms in total. The van der Waals surface area contributed by atoms with Crippen molar-refractivity contribution in [2.24, 2.45) is 11.8 Å². The smallest absolute Gasteiger partial charge is 0.141 e. The Balaban J connectivity index is 0.00000149. The van der Waals surface area contributed by atoms with E-state index in [2.05, 4.69) is 20.8 Å². The van der Waals surface area contributed by atoms with Crippen molar-refractivity contribution in [2.75, 3.05) is 0 Å². The van der Waals surface area contributed by atoms with E-state index in [0.717, 1.165) is 18.6 Å². The van der Waals surface area contributed by atoms with Gasteiger partial charge in [-0.05, 0) is 50.2 Å². The summed E-state index contributed by atoms with van der Waals surface area (Å²) in [6, 6.07) is 1.63. The zero-order valence-corrected chi connectivity index (χ0v) is 15.8. The number of halogens is 1. The molecule has 0 aromatic heterocycles. The van der Waals surface area contributed by atoms with E-state index in [4.69, 9.17) is 16.4 Å². The van der Waals surface area contributed by atoms with Crippen LogP contribution >= 0.6 is 11.6 Å². The maximum atomic E-state index is 10.0. The normalized spacial score (nSPS) is 11.8. The molecule has 0 heterocycles. The molecule has 0 aliphatic heterocycles. The Labute approximate surface area is 145 Å². The topological polar surface area (TPSA) is 57.5 Å². The Morgan fingerprint density at radius 2 is 1.74 bits per heavy atom. The Morgan fingerprint density at radius 3 is 2.26 bits per heavy atom. The lowest BCUT2D eigenvalue weighted by Gasteiger charge is -2.15. The number of hydrogen-bond donors (Lipinski definition) is 2. The van der Waals surface area contributed by atoms with Gasteiger partial charge < -0.3 is 15.0 Å². The van der Waals surface area contributed by atoms with Gasteiger partial charge in [-0.1, -0.05) is 51.6 Å². The van der Waals surface area contributed by atoms with Crippen molar-refractivity contribution >= 4 is 17.9 Å². The highest BCUT2D eigenvalue weighted by Gasteiger charge is 2.15. The number of rotatable bonds is 7. The Kier molecular flexibility index (Phi) is 10.7. The molecule has 0 spiro atoms. The quantitative estimate of drug-likeness (QED) is 0.628. The lowest BCUT2D eigenvalue weighted by molar-refractivity contribution is -0.106. The second-order valence-electron chi connectivity index (χ2n) is 6.56. The zero-order chi connectivity index (χ0) is 18.0. The Bertz CT molecular complexity index is 484. The van der Waals surface area contributed by atoms with E-state index in [1.54, 1.807) is 13.0 Å². The molecule has 0 fully saturated rings. The molecule has 0 bridgehead atoms. The zero-order valence-electron chi connectivity index (χ0n) is 15.0. The third kappa shape index (κ3) is 8.26. The number of phenols is 2. The highest BCUT2D eigenvalue weighted by atomic mass is 35.5. The molecule has 23 heavy (non-hydrogen) atoms. The van der Waals surface area contributed by atoms with E-state index in [1.165, 1.54) is 26.2 Å². The maximum absolute atomic E-state index is 10.0. The molecule has 0 saturated carbocycles. The number of aromatic hydroxyl groups is 2. The second kappa shape index (κ2) is 11.3. The van der Waals surface area contributed by atoms with Crippen LogP contribution in [-0.4, -0.2) is 16.5 Å². The van der Waals surface area contributed by atoms with E-state index >= 15 is 0 Å². The fourth-order valence-electron chi connectivity index (χ4n) is 2.45. The first-order valence-corrected chi connectivity index (χ1v) is 8.71. The Morgan fingerprint density at radius 1 is 1.17 bits per heavy atom. The predicted octanol–water partition coefficient (Wildman–Crippen LogP) is 5.66. The average molecular weight is 343 g/mol. The first-order valence-electron chi connectivity index (χ1n) is 8.34. The molecule has 0 aliphatic carbocycles. The van der Waals surface area contributed by atoms with Gasteiger partial charge in [-0.3, -0.25) is 0 Å². The summed E-state index contributed by atoms with van der Waals surface area (Å²) in [7, 11) is 0. The monoisotopic (exact) mass is 342 g/mol. The first-order chi connectivity index (χ1) is 10.7. The van der Waals surface area contributed by atoms with Crippen LogP contribution < -0.4 is 0 Å². The van der Waals surface area contributed by atoms with Gasteiger partial charge in [-0.2, -0.15) is 0 Å². The highest BCUT2D eigenvalue weighted by molar-refractivity contribution is 6.33. The molecule has 1 rings (SSSR count). The number of carbonyl (C=O) groups is 1.